The smallest absolute Gasteiger partial charge is 0.253 e. The van der Waals surface area contributed by atoms with Gasteiger partial charge in [0.1, 0.15) is 11.9 Å². The summed E-state index contributed by atoms with van der Waals surface area (Å²) < 4.78 is 20.0. The highest BCUT2D eigenvalue weighted by Gasteiger charge is 2.26. The normalized spacial score (nSPS) is 18.9. The van der Waals surface area contributed by atoms with Crippen LogP contribution in [0.25, 0.3) is 0 Å². The third-order valence-electron chi connectivity index (χ3n) is 3.27. The molecule has 110 valence electrons. The zero-order valence-electron chi connectivity index (χ0n) is 11.4. The lowest BCUT2D eigenvalue weighted by molar-refractivity contribution is -0.145. The maximum atomic E-state index is 13.8. The van der Waals surface area contributed by atoms with E-state index < -0.39 is 6.10 Å². The quantitative estimate of drug-likeness (QED) is 0.907. The Balaban J connectivity index is 2.07. The summed E-state index contributed by atoms with van der Waals surface area (Å²) in [6.07, 6.45) is -0.473. The second-order valence-electron chi connectivity index (χ2n) is 4.65. The molecule has 0 unspecified atom stereocenters. The molecule has 0 aromatic heterocycles. The van der Waals surface area contributed by atoms with Crippen LogP contribution in [0, 0.1) is 5.82 Å². The molecule has 1 aromatic rings. The molecule has 0 spiro atoms. The Morgan fingerprint density at radius 2 is 2.40 bits per heavy atom. The minimum atomic E-state index is -0.473. The molecule has 1 heterocycles. The zero-order chi connectivity index (χ0) is 14.5. The van der Waals surface area contributed by atoms with Crippen LogP contribution in [-0.4, -0.2) is 43.2 Å². The molecule has 0 bridgehead atoms. The Kier molecular flexibility index (Phi) is 5.51. The molecule has 0 radical (unpaired) electrons. The monoisotopic (exact) mass is 344 g/mol. The Morgan fingerprint density at radius 1 is 1.60 bits per heavy atom. The first-order valence-corrected chi connectivity index (χ1v) is 7.46. The van der Waals surface area contributed by atoms with Crippen molar-refractivity contribution in [1.29, 1.82) is 0 Å². The van der Waals surface area contributed by atoms with Crippen molar-refractivity contribution < 1.29 is 13.9 Å². The number of benzene rings is 1. The highest BCUT2D eigenvalue weighted by molar-refractivity contribution is 9.10. The summed E-state index contributed by atoms with van der Waals surface area (Å²) in [5, 5.41) is 3.12. The van der Waals surface area contributed by atoms with Crippen LogP contribution in [0.1, 0.15) is 12.5 Å². The average Bonchev–Trinajstić information content (AvgIpc) is 2.48. The lowest BCUT2D eigenvalue weighted by Crippen LogP contribution is -2.49. The first-order chi connectivity index (χ1) is 9.61. The summed E-state index contributed by atoms with van der Waals surface area (Å²) in [6.45, 7) is 4.45. The zero-order valence-corrected chi connectivity index (χ0v) is 13.0. The number of amides is 1. The van der Waals surface area contributed by atoms with E-state index in [0.717, 1.165) is 11.0 Å². The molecule has 1 saturated heterocycles. The minimum absolute atomic E-state index is 0.0981. The lowest BCUT2D eigenvalue weighted by atomic mass is 10.1. The van der Waals surface area contributed by atoms with E-state index in [-0.39, 0.29) is 18.3 Å². The Bertz CT molecular complexity index is 478. The Labute approximate surface area is 126 Å². The molecule has 1 aliphatic heterocycles. The summed E-state index contributed by atoms with van der Waals surface area (Å²) in [7, 11) is 0. The van der Waals surface area contributed by atoms with Crippen molar-refractivity contribution in [3.8, 4) is 0 Å². The number of carbonyl (C=O) groups is 1. The van der Waals surface area contributed by atoms with Gasteiger partial charge in [-0.15, -0.1) is 0 Å². The molecule has 4 nitrogen and oxygen atoms in total. The van der Waals surface area contributed by atoms with Gasteiger partial charge in [0, 0.05) is 36.2 Å². The number of ether oxygens (including phenoxy) is 1. The third kappa shape index (κ3) is 3.77. The minimum Gasteiger partial charge on any atom is -0.366 e. The van der Waals surface area contributed by atoms with E-state index in [1.807, 2.05) is 6.92 Å². The Morgan fingerprint density at radius 3 is 3.05 bits per heavy atom. The molecular weight excluding hydrogens is 327 g/mol. The second-order valence-corrected chi connectivity index (χ2v) is 5.57. The average molecular weight is 345 g/mol. The van der Waals surface area contributed by atoms with E-state index >= 15 is 0 Å². The van der Waals surface area contributed by atoms with E-state index in [0.29, 0.717) is 25.3 Å². The van der Waals surface area contributed by atoms with Gasteiger partial charge in [-0.1, -0.05) is 15.9 Å². The van der Waals surface area contributed by atoms with Crippen molar-refractivity contribution in [2.24, 2.45) is 0 Å². The van der Waals surface area contributed by atoms with Gasteiger partial charge in [0.2, 0.25) is 0 Å². The number of nitrogens with one attached hydrogen (secondary N) is 1. The van der Waals surface area contributed by atoms with Crippen LogP contribution in [-0.2, 0) is 16.1 Å². The van der Waals surface area contributed by atoms with Gasteiger partial charge in [0.15, 0.2) is 0 Å². The molecule has 1 amide bonds. The lowest BCUT2D eigenvalue weighted by Gasteiger charge is -2.29. The van der Waals surface area contributed by atoms with Crippen molar-refractivity contribution in [3.63, 3.8) is 0 Å². The SMILES string of the molecule is CCN(Cc1cc(Br)ccc1F)C(=O)[C@H]1CNCCO1. The standard InChI is InChI=1S/C14H18BrFN2O2/c1-2-18(14(19)13-8-17-5-6-20-13)9-10-7-11(15)3-4-12(10)16/h3-4,7,13,17H,2,5-6,8-9H2,1H3/t13-/m1/s1. The molecule has 1 atom stereocenters. The number of nitrogens with zero attached hydrogens (tertiary/aromatic N) is 1. The summed E-state index contributed by atoms with van der Waals surface area (Å²) in [5.74, 6) is -0.402. The van der Waals surface area contributed by atoms with Gasteiger partial charge in [-0.3, -0.25) is 4.79 Å². The summed E-state index contributed by atoms with van der Waals surface area (Å²) in [4.78, 5) is 14.0. The van der Waals surface area contributed by atoms with Gasteiger partial charge < -0.3 is 15.0 Å². The number of halogens is 2. The highest BCUT2D eigenvalue weighted by atomic mass is 79.9. The van der Waals surface area contributed by atoms with E-state index in [2.05, 4.69) is 21.2 Å². The fourth-order valence-corrected chi connectivity index (χ4v) is 2.55. The van der Waals surface area contributed by atoms with Crippen molar-refractivity contribution in [2.75, 3.05) is 26.2 Å². The number of hydrogen-bond donors (Lipinski definition) is 1. The van der Waals surface area contributed by atoms with E-state index in [1.165, 1.54) is 6.07 Å². The number of morpholine rings is 1. The van der Waals surface area contributed by atoms with Crippen molar-refractivity contribution in [2.45, 2.75) is 19.6 Å². The molecule has 20 heavy (non-hydrogen) atoms. The molecule has 1 aromatic carbocycles. The van der Waals surface area contributed by atoms with Crippen molar-refractivity contribution in [3.05, 3.63) is 34.1 Å². The van der Waals surface area contributed by atoms with Gasteiger partial charge in [-0.05, 0) is 25.1 Å². The summed E-state index contributed by atoms with van der Waals surface area (Å²) in [6, 6.07) is 4.74. The van der Waals surface area contributed by atoms with Crippen LogP contribution >= 0.6 is 15.9 Å². The Hall–Kier alpha value is -0.980. The number of rotatable bonds is 4. The van der Waals surface area contributed by atoms with Crippen LogP contribution in [0.5, 0.6) is 0 Å². The van der Waals surface area contributed by atoms with Gasteiger partial charge >= 0.3 is 0 Å². The van der Waals surface area contributed by atoms with E-state index in [1.54, 1.807) is 17.0 Å². The van der Waals surface area contributed by atoms with Crippen LogP contribution in [0.4, 0.5) is 4.39 Å². The first kappa shape index (κ1) is 15.4. The maximum Gasteiger partial charge on any atom is 0.253 e. The molecule has 6 heteroatoms. The van der Waals surface area contributed by atoms with Crippen LogP contribution in [0.2, 0.25) is 0 Å². The molecular formula is C14H18BrFN2O2. The predicted molar refractivity (Wildman–Crippen MR) is 77.8 cm³/mol. The molecule has 1 N–H and O–H groups in total. The largest absolute Gasteiger partial charge is 0.366 e. The molecule has 2 rings (SSSR count). The van der Waals surface area contributed by atoms with E-state index in [4.69, 9.17) is 4.74 Å². The van der Waals surface area contributed by atoms with Crippen LogP contribution < -0.4 is 5.32 Å². The van der Waals surface area contributed by atoms with Gasteiger partial charge in [0.25, 0.3) is 5.91 Å². The fourth-order valence-electron chi connectivity index (χ4n) is 2.14. The number of hydrogen-bond acceptors (Lipinski definition) is 3. The van der Waals surface area contributed by atoms with Gasteiger partial charge in [0.05, 0.1) is 6.61 Å². The third-order valence-corrected chi connectivity index (χ3v) is 3.76. The number of carbonyl (C=O) groups excluding carboxylic acids is 1. The topological polar surface area (TPSA) is 41.6 Å². The highest BCUT2D eigenvalue weighted by Crippen LogP contribution is 2.18. The van der Waals surface area contributed by atoms with Gasteiger partial charge in [-0.25, -0.2) is 4.39 Å². The number of likely N-dealkylation sites (N-methyl/N-ethyl adjacent to an activating group) is 1. The van der Waals surface area contributed by atoms with Gasteiger partial charge in [-0.2, -0.15) is 0 Å². The van der Waals surface area contributed by atoms with E-state index in [9.17, 15) is 9.18 Å². The molecule has 1 aliphatic rings. The fraction of sp³-hybridized carbons (Fsp3) is 0.500. The van der Waals surface area contributed by atoms with Crippen LogP contribution in [0.3, 0.4) is 0 Å². The van der Waals surface area contributed by atoms with Crippen molar-refractivity contribution in [1.82, 2.24) is 10.2 Å². The summed E-state index contributed by atoms with van der Waals surface area (Å²) in [5.41, 5.74) is 0.498. The summed E-state index contributed by atoms with van der Waals surface area (Å²) >= 11 is 3.32. The predicted octanol–water partition coefficient (Wildman–Crippen LogP) is 1.93. The first-order valence-electron chi connectivity index (χ1n) is 6.67. The van der Waals surface area contributed by atoms with Crippen molar-refractivity contribution >= 4 is 21.8 Å². The van der Waals surface area contributed by atoms with Crippen LogP contribution in [0.15, 0.2) is 22.7 Å². The maximum absolute atomic E-state index is 13.8. The molecule has 1 fully saturated rings. The molecule has 0 saturated carbocycles. The molecule has 0 aliphatic carbocycles. The second kappa shape index (κ2) is 7.15.